The number of hydrogen-bond acceptors (Lipinski definition) is 5. The molecule has 2 aromatic heterocycles. The van der Waals surface area contributed by atoms with E-state index in [0.29, 0.717) is 0 Å². The molecule has 1 unspecified atom stereocenters. The van der Waals surface area contributed by atoms with Gasteiger partial charge in [-0.1, -0.05) is 11.6 Å². The van der Waals surface area contributed by atoms with Crippen LogP contribution in [0.5, 0.6) is 5.75 Å². The molecule has 2 aromatic rings. The third-order valence-corrected chi connectivity index (χ3v) is 4.57. The van der Waals surface area contributed by atoms with Crippen molar-refractivity contribution >= 4 is 22.9 Å². The SMILES string of the molecule is Cc1csc(C(NN)c2cncc(OC(C)C)c2)c1Cl. The van der Waals surface area contributed by atoms with Crippen LogP contribution >= 0.6 is 22.9 Å². The Kier molecular flexibility index (Phi) is 4.99. The minimum absolute atomic E-state index is 0.101. The molecular weight excluding hydrogens is 294 g/mol. The van der Waals surface area contributed by atoms with Gasteiger partial charge in [0.1, 0.15) is 5.75 Å². The van der Waals surface area contributed by atoms with Gasteiger partial charge in [-0.3, -0.25) is 10.8 Å². The third-order valence-electron chi connectivity index (χ3n) is 2.79. The molecule has 0 aliphatic rings. The molecule has 0 radical (unpaired) electrons. The van der Waals surface area contributed by atoms with Crippen molar-refractivity contribution in [1.29, 1.82) is 0 Å². The summed E-state index contributed by atoms with van der Waals surface area (Å²) in [6.45, 7) is 5.93. The van der Waals surface area contributed by atoms with Crippen LogP contribution in [0.3, 0.4) is 0 Å². The first-order chi connectivity index (χ1) is 9.52. The van der Waals surface area contributed by atoms with Gasteiger partial charge in [0.2, 0.25) is 0 Å². The summed E-state index contributed by atoms with van der Waals surface area (Å²) in [7, 11) is 0. The Morgan fingerprint density at radius 1 is 1.40 bits per heavy atom. The van der Waals surface area contributed by atoms with Crippen molar-refractivity contribution in [2.75, 3.05) is 0 Å². The molecule has 3 N–H and O–H groups in total. The number of thiophene rings is 1. The van der Waals surface area contributed by atoms with Crippen LogP contribution in [0, 0.1) is 6.92 Å². The predicted octanol–water partition coefficient (Wildman–Crippen LogP) is 3.44. The van der Waals surface area contributed by atoms with Crippen LogP contribution in [0.25, 0.3) is 0 Å². The molecule has 0 aliphatic heterocycles. The molecule has 4 nitrogen and oxygen atoms in total. The van der Waals surface area contributed by atoms with Crippen molar-refractivity contribution in [3.05, 3.63) is 44.9 Å². The Morgan fingerprint density at radius 3 is 2.70 bits per heavy atom. The summed E-state index contributed by atoms with van der Waals surface area (Å²) in [6.07, 6.45) is 3.56. The van der Waals surface area contributed by atoms with Crippen molar-refractivity contribution < 1.29 is 4.74 Å². The molecular formula is C14H18ClN3OS. The van der Waals surface area contributed by atoms with Crippen LogP contribution in [0.15, 0.2) is 23.8 Å². The average molecular weight is 312 g/mol. The first kappa shape index (κ1) is 15.3. The Hall–Kier alpha value is -1.14. The second-order valence-corrected chi connectivity index (χ2v) is 6.11. The summed E-state index contributed by atoms with van der Waals surface area (Å²) in [4.78, 5) is 5.19. The van der Waals surface area contributed by atoms with Gasteiger partial charge >= 0.3 is 0 Å². The van der Waals surface area contributed by atoms with Gasteiger partial charge < -0.3 is 4.74 Å². The third kappa shape index (κ3) is 3.30. The van der Waals surface area contributed by atoms with Gasteiger partial charge in [-0.2, -0.15) is 0 Å². The first-order valence-corrected chi connectivity index (χ1v) is 7.60. The second kappa shape index (κ2) is 6.54. The summed E-state index contributed by atoms with van der Waals surface area (Å²) >= 11 is 7.90. The molecule has 0 fully saturated rings. The van der Waals surface area contributed by atoms with E-state index in [0.717, 1.165) is 26.8 Å². The number of nitrogens with zero attached hydrogens (tertiary/aromatic N) is 1. The van der Waals surface area contributed by atoms with Gasteiger partial charge in [0.15, 0.2) is 0 Å². The minimum Gasteiger partial charge on any atom is -0.489 e. The molecule has 20 heavy (non-hydrogen) atoms. The molecule has 0 spiro atoms. The van der Waals surface area contributed by atoms with E-state index in [2.05, 4.69) is 10.4 Å². The van der Waals surface area contributed by atoms with E-state index in [9.17, 15) is 0 Å². The molecule has 0 bridgehead atoms. The number of rotatable bonds is 5. The Morgan fingerprint density at radius 2 is 2.15 bits per heavy atom. The van der Waals surface area contributed by atoms with E-state index in [-0.39, 0.29) is 12.1 Å². The largest absolute Gasteiger partial charge is 0.489 e. The van der Waals surface area contributed by atoms with Gasteiger partial charge in [0.25, 0.3) is 0 Å². The molecule has 0 aromatic carbocycles. The van der Waals surface area contributed by atoms with E-state index >= 15 is 0 Å². The number of nitrogens with one attached hydrogen (secondary N) is 1. The number of hydrogen-bond donors (Lipinski definition) is 2. The normalized spacial score (nSPS) is 12.7. The molecule has 0 saturated carbocycles. The molecule has 1 atom stereocenters. The molecule has 0 amide bonds. The Bertz CT molecular complexity index is 586. The van der Waals surface area contributed by atoms with E-state index in [4.69, 9.17) is 22.2 Å². The second-order valence-electron chi connectivity index (χ2n) is 4.82. The van der Waals surface area contributed by atoms with Gasteiger partial charge in [-0.25, -0.2) is 5.43 Å². The van der Waals surface area contributed by atoms with Gasteiger partial charge in [-0.05, 0) is 43.3 Å². The fourth-order valence-corrected chi connectivity index (χ4v) is 3.29. The summed E-state index contributed by atoms with van der Waals surface area (Å²) in [5.41, 5.74) is 4.78. The zero-order valence-electron chi connectivity index (χ0n) is 11.7. The van der Waals surface area contributed by atoms with Crippen molar-refractivity contribution in [2.24, 2.45) is 5.84 Å². The predicted molar refractivity (Wildman–Crippen MR) is 83.2 cm³/mol. The summed E-state index contributed by atoms with van der Waals surface area (Å²) in [5, 5.41) is 2.76. The van der Waals surface area contributed by atoms with E-state index in [1.165, 1.54) is 0 Å². The lowest BCUT2D eigenvalue weighted by Gasteiger charge is -2.17. The Labute approximate surface area is 127 Å². The molecule has 2 heterocycles. The molecule has 0 aliphatic carbocycles. The molecule has 0 saturated heterocycles. The van der Waals surface area contributed by atoms with Gasteiger partial charge in [0.05, 0.1) is 23.4 Å². The maximum atomic E-state index is 6.32. The molecule has 2 rings (SSSR count). The monoisotopic (exact) mass is 311 g/mol. The van der Waals surface area contributed by atoms with E-state index < -0.39 is 0 Å². The highest BCUT2D eigenvalue weighted by molar-refractivity contribution is 7.10. The lowest BCUT2D eigenvalue weighted by Crippen LogP contribution is -2.28. The zero-order chi connectivity index (χ0) is 14.7. The number of pyridine rings is 1. The van der Waals surface area contributed by atoms with Gasteiger partial charge in [-0.15, -0.1) is 11.3 Å². The van der Waals surface area contributed by atoms with Crippen molar-refractivity contribution in [3.8, 4) is 5.75 Å². The standard InChI is InChI=1S/C14H18ClN3OS/c1-8(2)19-11-4-10(5-17-6-11)13(18-16)14-12(15)9(3)7-20-14/h4-8,13,18H,16H2,1-3H3. The fraction of sp³-hybridized carbons (Fsp3) is 0.357. The number of aryl methyl sites for hydroxylation is 1. The maximum absolute atomic E-state index is 6.32. The number of aromatic nitrogens is 1. The first-order valence-electron chi connectivity index (χ1n) is 6.34. The van der Waals surface area contributed by atoms with Gasteiger partial charge in [0, 0.05) is 11.1 Å². The van der Waals surface area contributed by atoms with Crippen molar-refractivity contribution in [2.45, 2.75) is 32.9 Å². The lowest BCUT2D eigenvalue weighted by molar-refractivity contribution is 0.241. The van der Waals surface area contributed by atoms with E-state index in [1.54, 1.807) is 23.7 Å². The van der Waals surface area contributed by atoms with Crippen LogP contribution in [-0.2, 0) is 0 Å². The Balaban J connectivity index is 2.34. The average Bonchev–Trinajstić information content (AvgIpc) is 2.72. The lowest BCUT2D eigenvalue weighted by atomic mass is 10.1. The highest BCUT2D eigenvalue weighted by Gasteiger charge is 2.19. The van der Waals surface area contributed by atoms with Crippen LogP contribution < -0.4 is 16.0 Å². The number of nitrogens with two attached hydrogens (primary N) is 1. The number of halogens is 1. The summed E-state index contributed by atoms with van der Waals surface area (Å²) in [5.74, 6) is 6.42. The van der Waals surface area contributed by atoms with Crippen LogP contribution in [0.1, 0.15) is 35.9 Å². The minimum atomic E-state index is -0.190. The quantitative estimate of drug-likeness (QED) is 0.656. The number of hydrazine groups is 1. The van der Waals surface area contributed by atoms with Crippen LogP contribution in [0.2, 0.25) is 5.02 Å². The molecule has 108 valence electrons. The summed E-state index contributed by atoms with van der Waals surface area (Å²) in [6, 6.07) is 1.74. The molecule has 6 heteroatoms. The maximum Gasteiger partial charge on any atom is 0.138 e. The fourth-order valence-electron chi connectivity index (χ4n) is 1.90. The van der Waals surface area contributed by atoms with E-state index in [1.807, 2.05) is 32.2 Å². The summed E-state index contributed by atoms with van der Waals surface area (Å²) < 4.78 is 5.66. The van der Waals surface area contributed by atoms with Crippen molar-refractivity contribution in [3.63, 3.8) is 0 Å². The highest BCUT2D eigenvalue weighted by Crippen LogP contribution is 2.35. The smallest absolute Gasteiger partial charge is 0.138 e. The van der Waals surface area contributed by atoms with Crippen molar-refractivity contribution in [1.82, 2.24) is 10.4 Å². The van der Waals surface area contributed by atoms with Crippen LogP contribution in [-0.4, -0.2) is 11.1 Å². The van der Waals surface area contributed by atoms with Crippen LogP contribution in [0.4, 0.5) is 0 Å². The highest BCUT2D eigenvalue weighted by atomic mass is 35.5. The zero-order valence-corrected chi connectivity index (χ0v) is 13.3. The number of ether oxygens (including phenoxy) is 1. The topological polar surface area (TPSA) is 60.2 Å².